The summed E-state index contributed by atoms with van der Waals surface area (Å²) in [6.07, 6.45) is 4.90. The molecule has 1 aliphatic rings. The third-order valence-corrected chi connectivity index (χ3v) is 8.54. The molecule has 0 aliphatic heterocycles. The molecule has 2 N–H and O–H groups in total. The van der Waals surface area contributed by atoms with Crippen molar-refractivity contribution in [3.8, 4) is 5.82 Å². The maximum Gasteiger partial charge on any atom is 0.417 e. The number of amides is 1. The highest BCUT2D eigenvalue weighted by Gasteiger charge is 2.32. The number of pyridine rings is 1. The van der Waals surface area contributed by atoms with Crippen molar-refractivity contribution in [1.29, 1.82) is 0 Å². The van der Waals surface area contributed by atoms with Crippen LogP contribution in [0.2, 0.25) is 0 Å². The number of nitrogens with one attached hydrogen (secondary N) is 1. The van der Waals surface area contributed by atoms with Crippen LogP contribution in [0.15, 0.2) is 79.1 Å². The summed E-state index contributed by atoms with van der Waals surface area (Å²) in [4.78, 5) is 29.3. The Morgan fingerprint density at radius 2 is 1.72 bits per heavy atom. The summed E-state index contributed by atoms with van der Waals surface area (Å²) in [5.74, 6) is -0.623. The van der Waals surface area contributed by atoms with Crippen molar-refractivity contribution < 1.29 is 27.9 Å². The van der Waals surface area contributed by atoms with Gasteiger partial charge in [0.25, 0.3) is 5.91 Å². The number of aliphatic carboxylic acids is 1. The average molecular weight is 634 g/mol. The molecule has 1 saturated carbocycles. The molecule has 0 radical (unpaired) electrons. The van der Waals surface area contributed by atoms with Crippen molar-refractivity contribution in [1.82, 2.24) is 19.7 Å². The number of rotatable bonds is 12. The summed E-state index contributed by atoms with van der Waals surface area (Å²) >= 11 is 0. The van der Waals surface area contributed by atoms with Crippen LogP contribution in [0.1, 0.15) is 77.3 Å². The number of aryl methyl sites for hydroxylation is 2. The fraction of sp³-hybridized carbons (Fsp3) is 0.371. The molecule has 11 heteroatoms. The first kappa shape index (κ1) is 32.7. The van der Waals surface area contributed by atoms with Crippen LogP contribution in [-0.2, 0) is 23.8 Å². The predicted octanol–water partition coefficient (Wildman–Crippen LogP) is 7.35. The van der Waals surface area contributed by atoms with E-state index in [-0.39, 0.29) is 24.9 Å². The quantitative estimate of drug-likeness (QED) is 0.169. The topological polar surface area (TPSA) is 100 Å². The van der Waals surface area contributed by atoms with E-state index in [4.69, 9.17) is 10.2 Å². The smallest absolute Gasteiger partial charge is 0.417 e. The highest BCUT2D eigenvalue weighted by molar-refractivity contribution is 5.94. The predicted molar refractivity (Wildman–Crippen MR) is 169 cm³/mol. The molecule has 0 saturated heterocycles. The Hall–Kier alpha value is -4.67. The van der Waals surface area contributed by atoms with Crippen LogP contribution in [0.5, 0.6) is 0 Å². The van der Waals surface area contributed by atoms with Gasteiger partial charge in [-0.2, -0.15) is 18.3 Å². The number of carboxylic acids is 1. The van der Waals surface area contributed by atoms with Crippen LogP contribution < -0.4 is 5.32 Å². The van der Waals surface area contributed by atoms with E-state index in [1.807, 2.05) is 36.5 Å². The Bertz CT molecular complexity index is 1600. The molecule has 1 amide bonds. The molecule has 8 nitrogen and oxygen atoms in total. The zero-order chi connectivity index (χ0) is 32.7. The van der Waals surface area contributed by atoms with Crippen LogP contribution in [0, 0.1) is 5.92 Å². The van der Waals surface area contributed by atoms with Gasteiger partial charge in [-0.3, -0.25) is 9.59 Å². The van der Waals surface area contributed by atoms with Gasteiger partial charge < -0.3 is 15.3 Å². The molecule has 5 rings (SSSR count). The monoisotopic (exact) mass is 633 g/mol. The maximum absolute atomic E-state index is 13.2. The number of halogens is 3. The first-order valence-corrected chi connectivity index (χ1v) is 15.6. The Balaban J connectivity index is 1.46. The van der Waals surface area contributed by atoms with Crippen LogP contribution in [0.3, 0.4) is 0 Å². The summed E-state index contributed by atoms with van der Waals surface area (Å²) in [7, 11) is 1.58. The Morgan fingerprint density at radius 3 is 2.35 bits per heavy atom. The van der Waals surface area contributed by atoms with Gasteiger partial charge in [0.15, 0.2) is 5.82 Å². The van der Waals surface area contributed by atoms with Gasteiger partial charge in [-0.05, 0) is 73.6 Å². The summed E-state index contributed by atoms with van der Waals surface area (Å²) < 4.78 is 41.3. The molecule has 0 spiro atoms. The van der Waals surface area contributed by atoms with Gasteiger partial charge in [0.2, 0.25) is 0 Å². The Kier molecular flexibility index (Phi) is 10.4. The molecule has 4 aromatic rings. The lowest BCUT2D eigenvalue weighted by atomic mass is 9.80. The van der Waals surface area contributed by atoms with Crippen molar-refractivity contribution in [2.75, 3.05) is 18.9 Å². The van der Waals surface area contributed by atoms with Gasteiger partial charge in [0, 0.05) is 42.8 Å². The van der Waals surface area contributed by atoms with Gasteiger partial charge >= 0.3 is 12.1 Å². The largest absolute Gasteiger partial charge is 0.481 e. The van der Waals surface area contributed by atoms with E-state index < -0.39 is 17.7 Å². The van der Waals surface area contributed by atoms with Gasteiger partial charge in [-0.25, -0.2) is 9.67 Å². The minimum absolute atomic E-state index is 0.113. The lowest BCUT2D eigenvalue weighted by Gasteiger charge is -2.32. The molecule has 1 atom stereocenters. The molecule has 242 valence electrons. The lowest BCUT2D eigenvalue weighted by Crippen LogP contribution is -2.29. The Morgan fingerprint density at radius 1 is 1.00 bits per heavy atom. The second-order valence-electron chi connectivity index (χ2n) is 11.8. The summed E-state index contributed by atoms with van der Waals surface area (Å²) in [5.41, 5.74) is 3.43. The number of carbonyl (C=O) groups excluding carboxylic acids is 1. The number of anilines is 1. The number of benzene rings is 2. The van der Waals surface area contributed by atoms with Crippen molar-refractivity contribution in [2.45, 2.75) is 63.6 Å². The number of hydrogen-bond donors (Lipinski definition) is 2. The molecule has 1 fully saturated rings. The summed E-state index contributed by atoms with van der Waals surface area (Å²) in [6.45, 7) is 0.113. The zero-order valence-electron chi connectivity index (χ0n) is 25.7. The fourth-order valence-corrected chi connectivity index (χ4v) is 5.98. The molecule has 1 aliphatic carbocycles. The molecule has 2 heterocycles. The maximum atomic E-state index is 13.2. The summed E-state index contributed by atoms with van der Waals surface area (Å²) in [5, 5.41) is 17.5. The van der Waals surface area contributed by atoms with Crippen LogP contribution in [-0.4, -0.2) is 50.2 Å². The van der Waals surface area contributed by atoms with Gasteiger partial charge in [0.1, 0.15) is 0 Å². The van der Waals surface area contributed by atoms with E-state index in [0.29, 0.717) is 23.7 Å². The van der Waals surface area contributed by atoms with Crippen molar-refractivity contribution in [2.24, 2.45) is 5.92 Å². The van der Waals surface area contributed by atoms with Crippen LogP contribution in [0.25, 0.3) is 5.82 Å². The number of carboxylic acid groups (broad SMARTS) is 1. The van der Waals surface area contributed by atoms with Gasteiger partial charge in [0.05, 0.1) is 23.7 Å². The molecule has 2 aromatic heterocycles. The highest BCUT2D eigenvalue weighted by Crippen LogP contribution is 2.39. The standard InChI is InChI=1S/C35H38F3N5O3/c1-42(21-20-32(44)45)34(46)26-13-16-28(17-14-26)40-33(25-10-6-3-7-11-25)29-23-43(31-19-15-27(22-39-31)35(36,37)38)41-30(29)18-12-24-8-4-2-5-9-24/h2,4-5,8-9,13-17,19,22-23,25,33,40H,3,6-7,10-12,18,20-21H2,1H3,(H,44,45). The van der Waals surface area contributed by atoms with Gasteiger partial charge in [-0.15, -0.1) is 0 Å². The third-order valence-electron chi connectivity index (χ3n) is 8.54. The van der Waals surface area contributed by atoms with Crippen LogP contribution in [0.4, 0.5) is 18.9 Å². The van der Waals surface area contributed by atoms with E-state index in [2.05, 4.69) is 22.4 Å². The van der Waals surface area contributed by atoms with E-state index >= 15 is 0 Å². The normalized spacial score (nSPS) is 14.5. The van der Waals surface area contributed by atoms with Crippen molar-refractivity contribution in [3.05, 3.63) is 107 Å². The van der Waals surface area contributed by atoms with Crippen LogP contribution >= 0.6 is 0 Å². The first-order chi connectivity index (χ1) is 22.1. The van der Waals surface area contributed by atoms with E-state index in [0.717, 1.165) is 66.9 Å². The molecule has 2 aromatic carbocycles. The second-order valence-corrected chi connectivity index (χ2v) is 11.8. The molecular formula is C35H38F3N5O3. The Labute approximate surface area is 266 Å². The summed E-state index contributed by atoms with van der Waals surface area (Å²) in [6, 6.07) is 19.5. The molecular weight excluding hydrogens is 595 g/mol. The minimum atomic E-state index is -4.48. The molecule has 46 heavy (non-hydrogen) atoms. The van der Waals surface area contributed by atoms with Crippen molar-refractivity contribution >= 4 is 17.6 Å². The number of nitrogens with zero attached hydrogens (tertiary/aromatic N) is 4. The fourth-order valence-electron chi connectivity index (χ4n) is 5.98. The second kappa shape index (κ2) is 14.6. The van der Waals surface area contributed by atoms with E-state index in [1.165, 1.54) is 17.4 Å². The first-order valence-electron chi connectivity index (χ1n) is 15.6. The van der Waals surface area contributed by atoms with E-state index in [9.17, 15) is 22.8 Å². The molecule has 1 unspecified atom stereocenters. The number of alkyl halides is 3. The average Bonchev–Trinajstić information content (AvgIpc) is 3.49. The van der Waals surface area contributed by atoms with E-state index in [1.54, 1.807) is 23.9 Å². The van der Waals surface area contributed by atoms with Gasteiger partial charge in [-0.1, -0.05) is 49.6 Å². The zero-order valence-corrected chi connectivity index (χ0v) is 25.7. The molecule has 0 bridgehead atoms. The number of aromatic nitrogens is 3. The van der Waals surface area contributed by atoms with Crippen molar-refractivity contribution in [3.63, 3.8) is 0 Å². The third kappa shape index (κ3) is 8.32. The SMILES string of the molecule is CN(CCC(=O)O)C(=O)c1ccc(NC(c2cn(-c3ccc(C(F)(F)F)cn3)nc2CCc2ccccc2)C2CCCCC2)cc1. The highest BCUT2D eigenvalue weighted by atomic mass is 19.4. The lowest BCUT2D eigenvalue weighted by molar-refractivity contribution is -0.138. The number of hydrogen-bond acceptors (Lipinski definition) is 5. The minimum Gasteiger partial charge on any atom is -0.481 e. The number of carbonyl (C=O) groups is 2.